The Balaban J connectivity index is 1.51. The predicted octanol–water partition coefficient (Wildman–Crippen LogP) is 3.85. The molecule has 1 fully saturated rings. The van der Waals surface area contributed by atoms with Crippen molar-refractivity contribution in [3.8, 4) is 17.0 Å². The third kappa shape index (κ3) is 3.56. The van der Waals surface area contributed by atoms with Crippen LogP contribution in [-0.4, -0.2) is 40.3 Å². The van der Waals surface area contributed by atoms with Crippen molar-refractivity contribution in [2.45, 2.75) is 44.4 Å². The third-order valence-corrected chi connectivity index (χ3v) is 6.28. The minimum Gasteiger partial charge on any atom is -0.483 e. The summed E-state index contributed by atoms with van der Waals surface area (Å²) in [6.45, 7) is 4.14. The van der Waals surface area contributed by atoms with Crippen LogP contribution in [0, 0.1) is 6.92 Å². The van der Waals surface area contributed by atoms with Crippen LogP contribution in [-0.2, 0) is 6.42 Å². The first-order chi connectivity index (χ1) is 14.2. The molecule has 5 heteroatoms. The fourth-order valence-corrected chi connectivity index (χ4v) is 4.84. The zero-order valence-electron chi connectivity index (χ0n) is 16.8. The first-order valence-corrected chi connectivity index (χ1v) is 10.5. The largest absolute Gasteiger partial charge is 0.483 e. The molecule has 3 N–H and O–H groups in total. The minimum absolute atomic E-state index is 0.000813. The summed E-state index contributed by atoms with van der Waals surface area (Å²) in [5.41, 5.74) is 12.2. The van der Waals surface area contributed by atoms with Gasteiger partial charge in [-0.2, -0.15) is 5.10 Å². The molecule has 0 radical (unpaired) electrons. The molecule has 1 aliphatic carbocycles. The molecule has 2 aromatic carbocycles. The van der Waals surface area contributed by atoms with Crippen molar-refractivity contribution < 1.29 is 4.74 Å². The number of nitrogens with zero attached hydrogens (tertiary/aromatic N) is 2. The van der Waals surface area contributed by atoms with E-state index in [1.807, 2.05) is 6.07 Å². The van der Waals surface area contributed by atoms with Gasteiger partial charge in [0.2, 0.25) is 0 Å². The molecular formula is C24H28N4O. The number of likely N-dealkylation sites (tertiary alicyclic amines) is 1. The molecule has 150 valence electrons. The van der Waals surface area contributed by atoms with Gasteiger partial charge in [0.25, 0.3) is 0 Å². The Morgan fingerprint density at radius 3 is 2.90 bits per heavy atom. The van der Waals surface area contributed by atoms with Crippen LogP contribution in [0.1, 0.15) is 35.6 Å². The number of hydrogen-bond donors (Lipinski definition) is 2. The summed E-state index contributed by atoms with van der Waals surface area (Å²) in [6.07, 6.45) is 5.07. The summed E-state index contributed by atoms with van der Waals surface area (Å²) in [7, 11) is 0. The van der Waals surface area contributed by atoms with E-state index in [1.54, 1.807) is 6.20 Å². The molecule has 3 atom stereocenters. The number of aromatic nitrogens is 2. The van der Waals surface area contributed by atoms with Crippen LogP contribution in [0.2, 0.25) is 0 Å². The van der Waals surface area contributed by atoms with Crippen LogP contribution < -0.4 is 10.5 Å². The number of rotatable bonds is 4. The van der Waals surface area contributed by atoms with Gasteiger partial charge in [-0.15, -0.1) is 0 Å². The smallest absolute Gasteiger partial charge is 0.140 e. The van der Waals surface area contributed by atoms with Gasteiger partial charge in [0.15, 0.2) is 0 Å². The van der Waals surface area contributed by atoms with E-state index in [2.05, 4.69) is 64.5 Å². The average molecular weight is 389 g/mol. The summed E-state index contributed by atoms with van der Waals surface area (Å²) < 4.78 is 6.78. The Morgan fingerprint density at radius 1 is 1.17 bits per heavy atom. The first kappa shape index (κ1) is 18.4. The summed E-state index contributed by atoms with van der Waals surface area (Å²) in [6, 6.07) is 17.6. The molecule has 2 heterocycles. The topological polar surface area (TPSA) is 67.2 Å². The quantitative estimate of drug-likeness (QED) is 0.712. The Bertz CT molecular complexity index is 984. The molecular weight excluding hydrogens is 360 g/mol. The van der Waals surface area contributed by atoms with Gasteiger partial charge in [-0.05, 0) is 62.1 Å². The highest BCUT2D eigenvalue weighted by Gasteiger charge is 2.39. The van der Waals surface area contributed by atoms with Crippen LogP contribution in [0.3, 0.4) is 0 Å². The molecule has 1 aliphatic heterocycles. The highest BCUT2D eigenvalue weighted by atomic mass is 16.5. The Morgan fingerprint density at radius 2 is 2.07 bits per heavy atom. The van der Waals surface area contributed by atoms with Crippen LogP contribution in [0.15, 0.2) is 54.7 Å². The van der Waals surface area contributed by atoms with Crippen molar-refractivity contribution >= 4 is 0 Å². The summed E-state index contributed by atoms with van der Waals surface area (Å²) >= 11 is 0. The number of hydrogen-bond acceptors (Lipinski definition) is 4. The van der Waals surface area contributed by atoms with Crippen molar-refractivity contribution in [3.05, 3.63) is 71.4 Å². The first-order valence-electron chi connectivity index (χ1n) is 10.5. The van der Waals surface area contributed by atoms with Gasteiger partial charge in [0, 0.05) is 24.3 Å². The summed E-state index contributed by atoms with van der Waals surface area (Å²) in [5.74, 6) is 0.896. The molecule has 5 nitrogen and oxygen atoms in total. The lowest BCUT2D eigenvalue weighted by Gasteiger charge is -2.38. The van der Waals surface area contributed by atoms with E-state index >= 15 is 0 Å². The fraction of sp³-hybridized carbons (Fsp3) is 0.375. The Hall–Kier alpha value is -2.63. The number of aryl methyl sites for hydroxylation is 1. The molecule has 29 heavy (non-hydrogen) atoms. The third-order valence-electron chi connectivity index (χ3n) is 6.28. The number of nitrogens with one attached hydrogen (secondary N) is 1. The second-order valence-corrected chi connectivity index (χ2v) is 8.38. The van der Waals surface area contributed by atoms with Crippen LogP contribution >= 0.6 is 0 Å². The molecule has 0 saturated carbocycles. The van der Waals surface area contributed by atoms with Gasteiger partial charge in [-0.1, -0.05) is 35.9 Å². The van der Waals surface area contributed by atoms with E-state index < -0.39 is 0 Å². The molecule has 0 unspecified atom stereocenters. The van der Waals surface area contributed by atoms with Crippen molar-refractivity contribution in [1.82, 2.24) is 15.1 Å². The van der Waals surface area contributed by atoms with Crippen LogP contribution in [0.4, 0.5) is 0 Å². The SMILES string of the molecule is Cc1ccc(O[C@H]2c3ccccc3C[C@H]2N2CCC[C@@H](N)C2)c(-c2ccn[nH]2)c1. The monoisotopic (exact) mass is 388 g/mol. The molecule has 2 aliphatic rings. The maximum atomic E-state index is 6.78. The van der Waals surface area contributed by atoms with Crippen LogP contribution in [0.25, 0.3) is 11.3 Å². The number of benzene rings is 2. The van der Waals surface area contributed by atoms with Crippen molar-refractivity contribution in [2.24, 2.45) is 5.73 Å². The lowest BCUT2D eigenvalue weighted by molar-refractivity contribution is 0.0596. The molecule has 5 rings (SSSR count). The van der Waals surface area contributed by atoms with Gasteiger partial charge in [0.1, 0.15) is 11.9 Å². The number of nitrogens with two attached hydrogens (primary N) is 1. The van der Waals surface area contributed by atoms with Gasteiger partial charge in [-0.3, -0.25) is 10.00 Å². The number of piperidine rings is 1. The molecule has 1 saturated heterocycles. The van der Waals surface area contributed by atoms with E-state index in [9.17, 15) is 0 Å². The maximum absolute atomic E-state index is 6.78. The molecule has 0 amide bonds. The lowest BCUT2D eigenvalue weighted by Crippen LogP contribution is -2.49. The van der Waals surface area contributed by atoms with Gasteiger partial charge < -0.3 is 10.5 Å². The molecule has 1 aromatic heterocycles. The highest BCUT2D eigenvalue weighted by molar-refractivity contribution is 5.67. The van der Waals surface area contributed by atoms with Crippen molar-refractivity contribution in [1.29, 1.82) is 0 Å². The normalized spacial score (nSPS) is 24.4. The number of ether oxygens (including phenoxy) is 1. The van der Waals surface area contributed by atoms with E-state index in [0.717, 1.165) is 49.4 Å². The fourth-order valence-electron chi connectivity index (χ4n) is 4.84. The van der Waals surface area contributed by atoms with Crippen molar-refractivity contribution in [2.75, 3.05) is 13.1 Å². The predicted molar refractivity (Wildman–Crippen MR) is 115 cm³/mol. The van der Waals surface area contributed by atoms with Crippen LogP contribution in [0.5, 0.6) is 5.75 Å². The zero-order chi connectivity index (χ0) is 19.8. The molecule has 0 spiro atoms. The molecule has 0 bridgehead atoms. The van der Waals surface area contributed by atoms with Gasteiger partial charge in [0.05, 0.1) is 11.7 Å². The average Bonchev–Trinajstić information content (AvgIpc) is 3.38. The van der Waals surface area contributed by atoms with E-state index in [-0.39, 0.29) is 12.1 Å². The summed E-state index contributed by atoms with van der Waals surface area (Å²) in [4.78, 5) is 2.54. The maximum Gasteiger partial charge on any atom is 0.140 e. The van der Waals surface area contributed by atoms with E-state index in [1.165, 1.54) is 16.7 Å². The second-order valence-electron chi connectivity index (χ2n) is 8.38. The highest BCUT2D eigenvalue weighted by Crippen LogP contribution is 2.41. The molecule has 3 aromatic rings. The van der Waals surface area contributed by atoms with E-state index in [0.29, 0.717) is 6.04 Å². The Labute approximate surface area is 171 Å². The minimum atomic E-state index is 0.000813. The van der Waals surface area contributed by atoms with Gasteiger partial charge in [-0.25, -0.2) is 0 Å². The lowest BCUT2D eigenvalue weighted by atomic mass is 10.0. The van der Waals surface area contributed by atoms with Crippen molar-refractivity contribution in [3.63, 3.8) is 0 Å². The van der Waals surface area contributed by atoms with E-state index in [4.69, 9.17) is 10.5 Å². The van der Waals surface area contributed by atoms with Gasteiger partial charge >= 0.3 is 0 Å². The standard InChI is InChI=1S/C24H28N4O/c1-16-8-9-23(20(13-16)21-10-11-26-27-21)29-24-19-7-3-2-5-17(19)14-22(24)28-12-4-6-18(25)15-28/h2-3,5,7-11,13,18,22,24H,4,6,12,14-15,25H2,1H3,(H,26,27)/t18-,22-,24+/m1/s1. The summed E-state index contributed by atoms with van der Waals surface area (Å²) in [5, 5.41) is 7.22. The zero-order valence-corrected chi connectivity index (χ0v) is 16.8. The number of fused-ring (bicyclic) bond motifs is 1. The second kappa shape index (κ2) is 7.65. The number of H-pyrrole nitrogens is 1. The Kier molecular flexibility index (Phi) is 4.86. The number of aromatic amines is 1.